The summed E-state index contributed by atoms with van der Waals surface area (Å²) < 4.78 is 0. The average Bonchev–Trinajstić information content (AvgIpc) is 2.34. The van der Waals surface area contributed by atoms with Gasteiger partial charge < -0.3 is 20.6 Å². The van der Waals surface area contributed by atoms with Gasteiger partial charge in [0.1, 0.15) is 0 Å². The SMILES string of the molecule is C=CC(=O)NC1(C(C)CO)CC2(O)CCCC(O)(C2)C1. The third kappa shape index (κ3) is 2.75. The Balaban J connectivity index is 2.35. The number of carbonyl (C=O) groups excluding carboxylic acids is 1. The molecule has 2 bridgehead atoms. The summed E-state index contributed by atoms with van der Waals surface area (Å²) in [4.78, 5) is 11.8. The number of nitrogens with one attached hydrogen (secondary N) is 1. The lowest BCUT2D eigenvalue weighted by Gasteiger charge is -2.57. The molecule has 4 N–H and O–H groups in total. The smallest absolute Gasteiger partial charge is 0.243 e. The largest absolute Gasteiger partial charge is 0.396 e. The maximum Gasteiger partial charge on any atom is 0.243 e. The van der Waals surface area contributed by atoms with E-state index in [2.05, 4.69) is 11.9 Å². The van der Waals surface area contributed by atoms with E-state index in [1.54, 1.807) is 0 Å². The van der Waals surface area contributed by atoms with Crippen LogP contribution >= 0.6 is 0 Å². The normalized spacial score (nSPS) is 41.8. The molecule has 0 radical (unpaired) electrons. The van der Waals surface area contributed by atoms with E-state index in [4.69, 9.17) is 0 Å². The zero-order chi connectivity index (χ0) is 15.0. The van der Waals surface area contributed by atoms with Gasteiger partial charge in [0.25, 0.3) is 0 Å². The van der Waals surface area contributed by atoms with Crippen molar-refractivity contribution in [3.8, 4) is 0 Å². The zero-order valence-electron chi connectivity index (χ0n) is 12.1. The van der Waals surface area contributed by atoms with Crippen molar-refractivity contribution < 1.29 is 20.1 Å². The molecule has 2 fully saturated rings. The molecule has 2 rings (SSSR count). The van der Waals surface area contributed by atoms with Gasteiger partial charge in [-0.05, 0) is 38.2 Å². The van der Waals surface area contributed by atoms with Gasteiger partial charge in [-0.3, -0.25) is 4.79 Å². The van der Waals surface area contributed by atoms with Crippen LogP contribution in [0, 0.1) is 5.92 Å². The second kappa shape index (κ2) is 5.13. The molecular weight excluding hydrogens is 258 g/mol. The van der Waals surface area contributed by atoms with Crippen LogP contribution in [0.5, 0.6) is 0 Å². The van der Waals surface area contributed by atoms with Crippen LogP contribution in [-0.4, -0.2) is 44.6 Å². The lowest BCUT2D eigenvalue weighted by atomic mass is 9.57. The van der Waals surface area contributed by atoms with Gasteiger partial charge in [-0.15, -0.1) is 0 Å². The Bertz CT molecular complexity index is 393. The molecule has 0 aromatic carbocycles. The Kier molecular flexibility index (Phi) is 3.97. The van der Waals surface area contributed by atoms with Gasteiger partial charge in [0, 0.05) is 18.9 Å². The highest BCUT2D eigenvalue weighted by Crippen LogP contribution is 2.51. The number of fused-ring (bicyclic) bond motifs is 2. The van der Waals surface area contributed by atoms with E-state index >= 15 is 0 Å². The highest BCUT2D eigenvalue weighted by molar-refractivity contribution is 5.87. The van der Waals surface area contributed by atoms with E-state index in [-0.39, 0.29) is 18.4 Å². The molecule has 0 saturated heterocycles. The van der Waals surface area contributed by atoms with Crippen LogP contribution in [0.15, 0.2) is 12.7 Å². The minimum atomic E-state index is -0.969. The van der Waals surface area contributed by atoms with E-state index in [9.17, 15) is 20.1 Å². The Labute approximate surface area is 119 Å². The number of aliphatic hydroxyl groups is 3. The van der Waals surface area contributed by atoms with Crippen molar-refractivity contribution in [2.75, 3.05) is 6.61 Å². The molecule has 5 nitrogen and oxygen atoms in total. The Hall–Kier alpha value is -0.910. The zero-order valence-corrected chi connectivity index (χ0v) is 12.1. The molecule has 0 aromatic heterocycles. The van der Waals surface area contributed by atoms with Gasteiger partial charge >= 0.3 is 0 Å². The molecule has 0 spiro atoms. The van der Waals surface area contributed by atoms with Crippen LogP contribution in [0.4, 0.5) is 0 Å². The first-order valence-electron chi connectivity index (χ1n) is 7.27. The van der Waals surface area contributed by atoms with E-state index in [0.717, 1.165) is 6.42 Å². The fourth-order valence-electron chi connectivity index (χ4n) is 4.11. The van der Waals surface area contributed by atoms with Crippen LogP contribution in [-0.2, 0) is 4.79 Å². The lowest BCUT2D eigenvalue weighted by Crippen LogP contribution is -2.67. The molecule has 3 unspecified atom stereocenters. The number of hydrogen-bond donors (Lipinski definition) is 4. The van der Waals surface area contributed by atoms with Crippen molar-refractivity contribution in [3.63, 3.8) is 0 Å². The van der Waals surface area contributed by atoms with Crippen molar-refractivity contribution in [2.45, 2.75) is 62.2 Å². The molecule has 0 aromatic rings. The third-order valence-corrected chi connectivity index (χ3v) is 5.01. The van der Waals surface area contributed by atoms with Gasteiger partial charge in [0.15, 0.2) is 0 Å². The average molecular weight is 283 g/mol. The predicted molar refractivity (Wildman–Crippen MR) is 74.9 cm³/mol. The molecule has 3 atom stereocenters. The summed E-state index contributed by atoms with van der Waals surface area (Å²) >= 11 is 0. The number of amides is 1. The van der Waals surface area contributed by atoms with Crippen molar-refractivity contribution in [2.24, 2.45) is 5.92 Å². The summed E-state index contributed by atoms with van der Waals surface area (Å²) in [5.74, 6) is -0.583. The van der Waals surface area contributed by atoms with E-state index < -0.39 is 16.7 Å². The van der Waals surface area contributed by atoms with Gasteiger partial charge in [-0.2, -0.15) is 0 Å². The first kappa shape index (κ1) is 15.5. The molecule has 1 amide bonds. The molecular formula is C15H25NO4. The molecule has 20 heavy (non-hydrogen) atoms. The van der Waals surface area contributed by atoms with Crippen molar-refractivity contribution in [3.05, 3.63) is 12.7 Å². The Morgan fingerprint density at radius 3 is 2.30 bits per heavy atom. The maximum atomic E-state index is 11.8. The third-order valence-electron chi connectivity index (χ3n) is 5.01. The highest BCUT2D eigenvalue weighted by Gasteiger charge is 2.57. The van der Waals surface area contributed by atoms with Gasteiger partial charge in [-0.25, -0.2) is 0 Å². The van der Waals surface area contributed by atoms with Crippen LogP contribution in [0.1, 0.15) is 45.4 Å². The fraction of sp³-hybridized carbons (Fsp3) is 0.800. The summed E-state index contributed by atoms with van der Waals surface area (Å²) in [6.07, 6.45) is 4.30. The maximum absolute atomic E-state index is 11.8. The summed E-state index contributed by atoms with van der Waals surface area (Å²) in [7, 11) is 0. The number of hydrogen-bond acceptors (Lipinski definition) is 4. The van der Waals surface area contributed by atoms with Crippen LogP contribution in [0.2, 0.25) is 0 Å². The molecule has 2 aliphatic rings. The number of rotatable bonds is 4. The molecule has 5 heteroatoms. The van der Waals surface area contributed by atoms with Crippen LogP contribution in [0.25, 0.3) is 0 Å². The van der Waals surface area contributed by atoms with E-state index in [0.29, 0.717) is 32.1 Å². The van der Waals surface area contributed by atoms with E-state index in [1.165, 1.54) is 6.08 Å². The van der Waals surface area contributed by atoms with E-state index in [1.807, 2.05) is 6.92 Å². The van der Waals surface area contributed by atoms with Crippen LogP contribution in [0.3, 0.4) is 0 Å². The second-order valence-electron chi connectivity index (χ2n) is 6.77. The lowest BCUT2D eigenvalue weighted by molar-refractivity contribution is -0.173. The standard InChI is InChI=1S/C15H25NO4/c1-3-12(18)16-15(11(2)7-17)9-13(19)5-4-6-14(20,8-13)10-15/h3,11,17,19-20H,1,4-10H2,2H3,(H,16,18). The molecule has 114 valence electrons. The van der Waals surface area contributed by atoms with Crippen molar-refractivity contribution in [1.29, 1.82) is 0 Å². The Morgan fingerprint density at radius 1 is 1.30 bits per heavy atom. The second-order valence-corrected chi connectivity index (χ2v) is 6.77. The van der Waals surface area contributed by atoms with Crippen molar-refractivity contribution >= 4 is 5.91 Å². The minimum Gasteiger partial charge on any atom is -0.396 e. The van der Waals surface area contributed by atoms with Crippen molar-refractivity contribution in [1.82, 2.24) is 5.32 Å². The Morgan fingerprint density at radius 2 is 1.85 bits per heavy atom. The monoisotopic (exact) mass is 283 g/mol. The molecule has 2 saturated carbocycles. The first-order chi connectivity index (χ1) is 9.26. The van der Waals surface area contributed by atoms with Gasteiger partial charge in [-0.1, -0.05) is 13.5 Å². The van der Waals surface area contributed by atoms with Gasteiger partial charge in [0.2, 0.25) is 5.91 Å². The van der Waals surface area contributed by atoms with Crippen LogP contribution < -0.4 is 5.32 Å². The summed E-state index contributed by atoms with van der Waals surface area (Å²) in [6, 6.07) is 0. The molecule has 0 heterocycles. The first-order valence-corrected chi connectivity index (χ1v) is 7.27. The summed E-state index contributed by atoms with van der Waals surface area (Å²) in [5, 5.41) is 33.8. The number of aliphatic hydroxyl groups excluding tert-OH is 1. The quantitative estimate of drug-likeness (QED) is 0.565. The molecule has 2 aliphatic carbocycles. The molecule has 0 aliphatic heterocycles. The fourth-order valence-corrected chi connectivity index (χ4v) is 4.11. The number of carbonyl (C=O) groups is 1. The van der Waals surface area contributed by atoms with Gasteiger partial charge in [0.05, 0.1) is 16.7 Å². The summed E-state index contributed by atoms with van der Waals surface area (Å²) in [6.45, 7) is 5.17. The highest BCUT2D eigenvalue weighted by atomic mass is 16.3. The minimum absolute atomic E-state index is 0.108. The predicted octanol–water partition coefficient (Wildman–Crippen LogP) is 0.486. The topological polar surface area (TPSA) is 89.8 Å². The summed E-state index contributed by atoms with van der Waals surface area (Å²) in [5.41, 5.74) is -2.73.